The van der Waals surface area contributed by atoms with Gasteiger partial charge < -0.3 is 5.32 Å². The fourth-order valence-corrected chi connectivity index (χ4v) is 0.834. The van der Waals surface area contributed by atoms with Crippen molar-refractivity contribution in [2.75, 3.05) is 13.6 Å². The Morgan fingerprint density at radius 3 is 2.73 bits per heavy atom. The van der Waals surface area contributed by atoms with Gasteiger partial charge in [-0.2, -0.15) is 0 Å². The molecule has 1 N–H and O–H groups in total. The third kappa shape index (κ3) is 7.19. The zero-order valence-corrected chi connectivity index (χ0v) is 7.10. The summed E-state index contributed by atoms with van der Waals surface area (Å²) in [5.74, 6) is -0.0885. The van der Waals surface area contributed by atoms with Crippen molar-refractivity contribution in [1.82, 2.24) is 5.32 Å². The van der Waals surface area contributed by atoms with E-state index < -0.39 is 0 Å². The molecule has 0 bridgehead atoms. The predicted molar refractivity (Wildman–Crippen MR) is 47.0 cm³/mol. The molecule has 1 amide bonds. The Bertz CT molecular complexity index is 123. The van der Waals surface area contributed by atoms with Crippen molar-refractivity contribution in [2.45, 2.75) is 25.7 Å². The summed E-state index contributed by atoms with van der Waals surface area (Å²) >= 11 is 0. The van der Waals surface area contributed by atoms with Gasteiger partial charge in [-0.25, -0.2) is 4.99 Å². The van der Waals surface area contributed by atoms with Crippen LogP contribution in [-0.2, 0) is 4.79 Å². The molecule has 0 aromatic carbocycles. The molecule has 3 heteroatoms. The third-order valence-electron chi connectivity index (χ3n) is 1.49. The Hall–Kier alpha value is -0.700. The van der Waals surface area contributed by atoms with Crippen molar-refractivity contribution < 1.29 is 4.79 Å². The second kappa shape index (κ2) is 7.41. The molecule has 0 radical (unpaired) electrons. The molecule has 0 aliphatic carbocycles. The summed E-state index contributed by atoms with van der Waals surface area (Å²) in [6.45, 7) is 4.19. The normalized spacial score (nSPS) is 9.55. The Balaban J connectivity index is 3.01. The molecule has 0 rings (SSSR count). The Morgan fingerprint density at radius 1 is 1.45 bits per heavy atom. The molecule has 0 aliphatic rings. The van der Waals surface area contributed by atoms with Gasteiger partial charge in [0.2, 0.25) is 5.91 Å². The van der Waals surface area contributed by atoms with E-state index in [-0.39, 0.29) is 5.91 Å². The molecule has 0 aromatic rings. The Labute approximate surface area is 67.9 Å². The lowest BCUT2D eigenvalue weighted by Crippen LogP contribution is -2.07. The van der Waals surface area contributed by atoms with E-state index in [4.69, 9.17) is 0 Å². The van der Waals surface area contributed by atoms with E-state index in [9.17, 15) is 4.79 Å². The van der Waals surface area contributed by atoms with Crippen molar-refractivity contribution >= 4 is 12.6 Å². The first-order valence-corrected chi connectivity index (χ1v) is 3.95. The van der Waals surface area contributed by atoms with Gasteiger partial charge in [-0.05, 0) is 33.2 Å². The van der Waals surface area contributed by atoms with Gasteiger partial charge in [0.1, 0.15) is 0 Å². The zero-order valence-electron chi connectivity index (χ0n) is 7.10. The first-order valence-electron chi connectivity index (χ1n) is 3.95. The summed E-state index contributed by atoms with van der Waals surface area (Å²) in [4.78, 5) is 13.9. The van der Waals surface area contributed by atoms with Gasteiger partial charge >= 0.3 is 0 Å². The Morgan fingerprint density at radius 2 is 2.18 bits per heavy atom. The van der Waals surface area contributed by atoms with Crippen LogP contribution in [0.3, 0.4) is 0 Å². The standard InChI is InChI=1S/C8H16N2O/c1-9-7-5-3-4-6-8(11)10-2/h9H,2-7H2,1H3. The molecule has 0 fully saturated rings. The molecule has 0 saturated carbocycles. The molecule has 0 aromatic heterocycles. The topological polar surface area (TPSA) is 41.5 Å². The van der Waals surface area contributed by atoms with Gasteiger partial charge in [0.25, 0.3) is 0 Å². The molecular weight excluding hydrogens is 140 g/mol. The predicted octanol–water partition coefficient (Wildman–Crippen LogP) is 0.993. The van der Waals surface area contributed by atoms with Crippen molar-refractivity contribution in [3.8, 4) is 0 Å². The minimum absolute atomic E-state index is 0.0885. The van der Waals surface area contributed by atoms with Crippen LogP contribution in [0.2, 0.25) is 0 Å². The maximum absolute atomic E-state index is 10.6. The van der Waals surface area contributed by atoms with Crippen LogP contribution in [0.25, 0.3) is 0 Å². The number of hydrogen-bond donors (Lipinski definition) is 1. The highest BCUT2D eigenvalue weighted by Crippen LogP contribution is 1.99. The summed E-state index contributed by atoms with van der Waals surface area (Å²) in [5, 5.41) is 3.05. The van der Waals surface area contributed by atoms with Crippen LogP contribution in [0.15, 0.2) is 4.99 Å². The van der Waals surface area contributed by atoms with E-state index in [2.05, 4.69) is 17.0 Å². The van der Waals surface area contributed by atoms with Crippen LogP contribution in [-0.4, -0.2) is 26.2 Å². The minimum Gasteiger partial charge on any atom is -0.320 e. The number of carbonyl (C=O) groups is 1. The summed E-state index contributed by atoms with van der Waals surface area (Å²) in [7, 11) is 1.93. The number of carbonyl (C=O) groups excluding carboxylic acids is 1. The lowest BCUT2D eigenvalue weighted by Gasteiger charge is -1.97. The molecule has 0 unspecified atom stereocenters. The number of unbranched alkanes of at least 4 members (excludes halogenated alkanes) is 2. The number of nitrogens with zero attached hydrogens (tertiary/aromatic N) is 1. The molecule has 0 heterocycles. The van der Waals surface area contributed by atoms with Crippen LogP contribution in [0.1, 0.15) is 25.7 Å². The van der Waals surface area contributed by atoms with E-state index in [1.165, 1.54) is 0 Å². The minimum atomic E-state index is -0.0885. The van der Waals surface area contributed by atoms with Gasteiger partial charge in [-0.1, -0.05) is 6.42 Å². The fourth-order valence-electron chi connectivity index (χ4n) is 0.834. The molecule has 11 heavy (non-hydrogen) atoms. The highest BCUT2D eigenvalue weighted by molar-refractivity contribution is 5.80. The fraction of sp³-hybridized carbons (Fsp3) is 0.750. The highest BCUT2D eigenvalue weighted by Gasteiger charge is 1.95. The zero-order chi connectivity index (χ0) is 8.53. The van der Waals surface area contributed by atoms with Crippen molar-refractivity contribution in [3.05, 3.63) is 0 Å². The number of nitrogens with one attached hydrogen (secondary N) is 1. The van der Waals surface area contributed by atoms with E-state index in [0.29, 0.717) is 6.42 Å². The second-order valence-electron chi connectivity index (χ2n) is 2.47. The summed E-state index contributed by atoms with van der Waals surface area (Å²) in [5.41, 5.74) is 0. The summed E-state index contributed by atoms with van der Waals surface area (Å²) in [6, 6.07) is 0. The smallest absolute Gasteiger partial charge is 0.245 e. The molecule has 0 spiro atoms. The van der Waals surface area contributed by atoms with E-state index in [1.807, 2.05) is 7.05 Å². The van der Waals surface area contributed by atoms with Crippen LogP contribution < -0.4 is 5.32 Å². The maximum Gasteiger partial charge on any atom is 0.245 e. The molecule has 0 saturated heterocycles. The average molecular weight is 156 g/mol. The number of amides is 1. The van der Waals surface area contributed by atoms with Crippen LogP contribution in [0.4, 0.5) is 0 Å². The van der Waals surface area contributed by atoms with Crippen LogP contribution in [0, 0.1) is 0 Å². The number of aliphatic imine (C=N–C) groups is 1. The molecular formula is C8H16N2O. The summed E-state index contributed by atoms with van der Waals surface area (Å²) in [6.07, 6.45) is 3.69. The monoisotopic (exact) mass is 156 g/mol. The largest absolute Gasteiger partial charge is 0.320 e. The first kappa shape index (κ1) is 10.3. The average Bonchev–Trinajstić information content (AvgIpc) is 2.04. The van der Waals surface area contributed by atoms with E-state index >= 15 is 0 Å². The molecule has 3 nitrogen and oxygen atoms in total. The van der Waals surface area contributed by atoms with Crippen LogP contribution in [0.5, 0.6) is 0 Å². The molecule has 0 atom stereocenters. The van der Waals surface area contributed by atoms with Crippen LogP contribution >= 0.6 is 0 Å². The summed E-state index contributed by atoms with van der Waals surface area (Å²) < 4.78 is 0. The van der Waals surface area contributed by atoms with Crippen molar-refractivity contribution in [1.29, 1.82) is 0 Å². The quantitative estimate of drug-likeness (QED) is 0.460. The van der Waals surface area contributed by atoms with Gasteiger partial charge in [0, 0.05) is 6.42 Å². The SMILES string of the molecule is C=NC(=O)CCCCCNC. The van der Waals surface area contributed by atoms with Gasteiger partial charge in [0.05, 0.1) is 0 Å². The van der Waals surface area contributed by atoms with E-state index in [1.54, 1.807) is 0 Å². The van der Waals surface area contributed by atoms with Gasteiger partial charge in [-0.15, -0.1) is 0 Å². The molecule has 0 aliphatic heterocycles. The maximum atomic E-state index is 10.6. The number of rotatable bonds is 6. The lowest BCUT2D eigenvalue weighted by molar-refractivity contribution is -0.117. The highest BCUT2D eigenvalue weighted by atomic mass is 16.1. The van der Waals surface area contributed by atoms with E-state index in [0.717, 1.165) is 25.8 Å². The molecule has 64 valence electrons. The lowest BCUT2D eigenvalue weighted by atomic mass is 10.2. The first-order chi connectivity index (χ1) is 5.31. The number of hydrogen-bond acceptors (Lipinski definition) is 2. The third-order valence-corrected chi connectivity index (χ3v) is 1.49. The van der Waals surface area contributed by atoms with Gasteiger partial charge in [-0.3, -0.25) is 4.79 Å². The second-order valence-corrected chi connectivity index (χ2v) is 2.47. The van der Waals surface area contributed by atoms with Gasteiger partial charge in [0.15, 0.2) is 0 Å². The Kier molecular flexibility index (Phi) is 6.94. The van der Waals surface area contributed by atoms with Crippen molar-refractivity contribution in [3.63, 3.8) is 0 Å². The van der Waals surface area contributed by atoms with Crippen molar-refractivity contribution in [2.24, 2.45) is 4.99 Å².